The maximum absolute atomic E-state index is 13.0. The number of hydrogen-bond acceptors (Lipinski definition) is 3. The van der Waals surface area contributed by atoms with Crippen molar-refractivity contribution in [2.24, 2.45) is 0 Å². The maximum Gasteiger partial charge on any atom is 0.416 e. The third-order valence-corrected chi connectivity index (χ3v) is 5.48. The lowest BCUT2D eigenvalue weighted by Gasteiger charge is -2.27. The molecule has 0 aliphatic carbocycles. The van der Waals surface area contributed by atoms with E-state index in [1.54, 1.807) is 18.1 Å². The van der Waals surface area contributed by atoms with Crippen molar-refractivity contribution in [2.75, 3.05) is 23.9 Å². The first-order valence-electron chi connectivity index (χ1n) is 10.8. The molecule has 0 atom stereocenters. The highest BCUT2D eigenvalue weighted by Crippen LogP contribution is 2.30. The fraction of sp³-hybridized carbons (Fsp3) is 0.154. The van der Waals surface area contributed by atoms with Crippen LogP contribution in [0.3, 0.4) is 0 Å². The van der Waals surface area contributed by atoms with Crippen LogP contribution >= 0.6 is 0 Å². The van der Waals surface area contributed by atoms with Gasteiger partial charge in [0.1, 0.15) is 11.4 Å². The van der Waals surface area contributed by atoms with E-state index in [1.807, 2.05) is 48.5 Å². The Kier molecular flexibility index (Phi) is 6.77. The highest BCUT2D eigenvalue weighted by molar-refractivity contribution is 6.09. The summed E-state index contributed by atoms with van der Waals surface area (Å²) in [7, 11) is 1.60. The first kappa shape index (κ1) is 23.9. The van der Waals surface area contributed by atoms with Crippen molar-refractivity contribution < 1.29 is 27.5 Å². The lowest BCUT2D eigenvalue weighted by atomic mass is 10.0. The maximum atomic E-state index is 13.0. The number of carbonyl (C=O) groups excluding carboxylic acids is 2. The van der Waals surface area contributed by atoms with Gasteiger partial charge in [-0.3, -0.25) is 4.79 Å². The molecule has 3 amide bonds. The molecule has 1 aliphatic heterocycles. The van der Waals surface area contributed by atoms with E-state index < -0.39 is 17.8 Å². The van der Waals surface area contributed by atoms with E-state index in [9.17, 15) is 22.8 Å². The van der Waals surface area contributed by atoms with Gasteiger partial charge in [-0.2, -0.15) is 13.2 Å². The molecule has 0 unspecified atom stereocenters. The molecule has 1 heterocycles. The van der Waals surface area contributed by atoms with Crippen LogP contribution in [0.5, 0.6) is 5.75 Å². The SMILES string of the molecule is COc1cccc(-c2ccc(N3CCC=C(NC(=O)Nc4ccc(C(F)(F)F)cc4)C3=O)cc2)c1. The van der Waals surface area contributed by atoms with Gasteiger partial charge in [0.15, 0.2) is 0 Å². The Labute approximate surface area is 200 Å². The highest BCUT2D eigenvalue weighted by Gasteiger charge is 2.30. The molecule has 9 heteroatoms. The summed E-state index contributed by atoms with van der Waals surface area (Å²) in [5.41, 5.74) is 2.06. The van der Waals surface area contributed by atoms with Gasteiger partial charge in [-0.25, -0.2) is 4.79 Å². The molecule has 3 aromatic carbocycles. The summed E-state index contributed by atoms with van der Waals surface area (Å²) < 4.78 is 43.4. The molecule has 0 bridgehead atoms. The second-order valence-corrected chi connectivity index (χ2v) is 7.80. The Balaban J connectivity index is 1.41. The molecule has 3 aromatic rings. The molecule has 0 saturated carbocycles. The molecule has 0 fully saturated rings. The van der Waals surface area contributed by atoms with Crippen molar-refractivity contribution in [1.82, 2.24) is 5.32 Å². The molecule has 0 saturated heterocycles. The largest absolute Gasteiger partial charge is 0.497 e. The zero-order valence-electron chi connectivity index (χ0n) is 18.7. The van der Waals surface area contributed by atoms with E-state index in [1.165, 1.54) is 0 Å². The third-order valence-electron chi connectivity index (χ3n) is 5.48. The van der Waals surface area contributed by atoms with Gasteiger partial charge in [-0.1, -0.05) is 30.3 Å². The van der Waals surface area contributed by atoms with Crippen LogP contribution in [0.1, 0.15) is 12.0 Å². The van der Waals surface area contributed by atoms with E-state index in [4.69, 9.17) is 4.74 Å². The topological polar surface area (TPSA) is 70.7 Å². The fourth-order valence-electron chi connectivity index (χ4n) is 3.69. The van der Waals surface area contributed by atoms with Crippen molar-refractivity contribution >= 4 is 23.3 Å². The second kappa shape index (κ2) is 9.92. The predicted molar refractivity (Wildman–Crippen MR) is 127 cm³/mol. The summed E-state index contributed by atoms with van der Waals surface area (Å²) in [6.45, 7) is 0.447. The van der Waals surface area contributed by atoms with Gasteiger partial charge in [-0.15, -0.1) is 0 Å². The Morgan fingerprint density at radius 3 is 2.31 bits per heavy atom. The van der Waals surface area contributed by atoms with Gasteiger partial charge < -0.3 is 20.3 Å². The van der Waals surface area contributed by atoms with Crippen molar-refractivity contribution in [3.05, 3.63) is 90.1 Å². The van der Waals surface area contributed by atoms with Crippen LogP contribution in [-0.4, -0.2) is 25.6 Å². The average Bonchev–Trinajstić information content (AvgIpc) is 2.85. The second-order valence-electron chi connectivity index (χ2n) is 7.80. The quantitative estimate of drug-likeness (QED) is 0.482. The zero-order valence-corrected chi connectivity index (χ0v) is 18.7. The number of ether oxygens (including phenoxy) is 1. The number of urea groups is 1. The van der Waals surface area contributed by atoms with Crippen LogP contribution in [0, 0.1) is 0 Å². The summed E-state index contributed by atoms with van der Waals surface area (Å²) in [5, 5.41) is 4.93. The number of rotatable bonds is 5. The normalized spacial score (nSPS) is 13.8. The predicted octanol–water partition coefficient (Wildman–Crippen LogP) is 5.82. The summed E-state index contributed by atoms with van der Waals surface area (Å²) in [5.74, 6) is 0.362. The van der Waals surface area contributed by atoms with Crippen LogP contribution in [0.25, 0.3) is 11.1 Å². The van der Waals surface area contributed by atoms with E-state index in [0.717, 1.165) is 41.1 Å². The molecular weight excluding hydrogens is 459 g/mol. The molecule has 35 heavy (non-hydrogen) atoms. The molecule has 0 aromatic heterocycles. The molecule has 1 aliphatic rings. The van der Waals surface area contributed by atoms with Gasteiger partial charge in [0.25, 0.3) is 5.91 Å². The molecule has 4 rings (SSSR count). The molecule has 6 nitrogen and oxygen atoms in total. The number of alkyl halides is 3. The summed E-state index contributed by atoms with van der Waals surface area (Å²) in [6, 6.07) is 18.4. The monoisotopic (exact) mass is 481 g/mol. The standard InChI is InChI=1S/C26H22F3N3O3/c1-35-22-5-2-4-18(16-22)17-7-13-21(14-8-17)32-15-3-6-23(24(32)33)31-25(34)30-20-11-9-19(10-12-20)26(27,28)29/h2,4-14,16H,3,15H2,1H3,(H2,30,31,34). The van der Waals surface area contributed by atoms with Crippen molar-refractivity contribution in [3.8, 4) is 16.9 Å². The van der Waals surface area contributed by atoms with Crippen molar-refractivity contribution in [1.29, 1.82) is 0 Å². The number of hydrogen-bond donors (Lipinski definition) is 2. The van der Waals surface area contributed by atoms with E-state index >= 15 is 0 Å². The summed E-state index contributed by atoms with van der Waals surface area (Å²) >= 11 is 0. The Hall–Kier alpha value is -4.27. The number of nitrogens with zero attached hydrogens (tertiary/aromatic N) is 1. The molecule has 180 valence electrons. The Morgan fingerprint density at radius 1 is 0.943 bits per heavy atom. The van der Waals surface area contributed by atoms with Gasteiger partial charge in [0.05, 0.1) is 12.7 Å². The number of benzene rings is 3. The fourth-order valence-corrected chi connectivity index (χ4v) is 3.69. The van der Waals surface area contributed by atoms with Gasteiger partial charge in [-0.05, 0) is 66.1 Å². The minimum atomic E-state index is -4.46. The van der Waals surface area contributed by atoms with Gasteiger partial charge in [0, 0.05) is 17.9 Å². The van der Waals surface area contributed by atoms with Crippen molar-refractivity contribution in [2.45, 2.75) is 12.6 Å². The number of methoxy groups -OCH3 is 1. The summed E-state index contributed by atoms with van der Waals surface area (Å²) in [4.78, 5) is 26.9. The molecule has 0 radical (unpaired) electrons. The molecular formula is C26H22F3N3O3. The lowest BCUT2D eigenvalue weighted by Crippen LogP contribution is -2.42. The summed E-state index contributed by atoms with van der Waals surface area (Å²) in [6.07, 6.45) is -2.31. The van der Waals surface area contributed by atoms with Crippen LogP contribution in [0.15, 0.2) is 84.6 Å². The number of carbonyl (C=O) groups is 2. The number of nitrogens with one attached hydrogen (secondary N) is 2. The van der Waals surface area contributed by atoms with E-state index in [2.05, 4.69) is 10.6 Å². The Morgan fingerprint density at radius 2 is 1.66 bits per heavy atom. The minimum Gasteiger partial charge on any atom is -0.497 e. The number of halogens is 3. The minimum absolute atomic E-state index is 0.0949. The smallest absolute Gasteiger partial charge is 0.416 e. The van der Waals surface area contributed by atoms with Crippen LogP contribution in [-0.2, 0) is 11.0 Å². The zero-order chi connectivity index (χ0) is 25.0. The van der Waals surface area contributed by atoms with Gasteiger partial charge in [0.2, 0.25) is 0 Å². The van der Waals surface area contributed by atoms with Crippen molar-refractivity contribution in [3.63, 3.8) is 0 Å². The van der Waals surface area contributed by atoms with Gasteiger partial charge >= 0.3 is 12.2 Å². The van der Waals surface area contributed by atoms with Crippen LogP contribution < -0.4 is 20.3 Å². The Bertz CT molecular complexity index is 1250. The van der Waals surface area contributed by atoms with Crippen LogP contribution in [0.4, 0.5) is 29.3 Å². The highest BCUT2D eigenvalue weighted by atomic mass is 19.4. The molecule has 0 spiro atoms. The first-order chi connectivity index (χ1) is 16.7. The number of amides is 3. The van der Waals surface area contributed by atoms with E-state index in [-0.39, 0.29) is 17.3 Å². The first-order valence-corrected chi connectivity index (χ1v) is 10.8. The van der Waals surface area contributed by atoms with E-state index in [0.29, 0.717) is 18.7 Å². The number of anilines is 2. The van der Waals surface area contributed by atoms with Crippen LogP contribution in [0.2, 0.25) is 0 Å². The third kappa shape index (κ3) is 5.63. The average molecular weight is 481 g/mol. The lowest BCUT2D eigenvalue weighted by molar-refractivity contribution is -0.137. The molecule has 2 N–H and O–H groups in total.